The van der Waals surface area contributed by atoms with Crippen molar-refractivity contribution >= 4 is 68.5 Å². The molecule has 0 aromatic heterocycles. The minimum atomic E-state index is -0.103. The normalized spacial score (nSPS) is 15.5. The summed E-state index contributed by atoms with van der Waals surface area (Å²) in [6, 6.07) is 20.0. The number of carbonyl (C=O) groups excluding carboxylic acids is 1. The minimum Gasteiger partial charge on any atom is -0.493 e. The molecule has 4 rings (SSSR count). The average Bonchev–Trinajstić information content (AvgIpc) is 3.02. The summed E-state index contributed by atoms with van der Waals surface area (Å²) in [6.45, 7) is 2.51. The maximum Gasteiger partial charge on any atom is 0.270 e. The molecule has 146 valence electrons. The van der Waals surface area contributed by atoms with Gasteiger partial charge in [-0.15, -0.1) is 11.8 Å². The fraction of sp³-hybridized carbons (Fsp3) is 0.130. The minimum absolute atomic E-state index is 0.103. The van der Waals surface area contributed by atoms with Gasteiger partial charge in [0.2, 0.25) is 0 Å². The second-order valence-corrected chi connectivity index (χ2v) is 8.91. The maximum atomic E-state index is 13.2. The fourth-order valence-corrected chi connectivity index (χ4v) is 5.01. The summed E-state index contributed by atoms with van der Waals surface area (Å²) in [4.78, 5) is 16.5. The van der Waals surface area contributed by atoms with Gasteiger partial charge >= 0.3 is 0 Å². The fourth-order valence-electron chi connectivity index (χ4n) is 3.28. The number of benzene rings is 3. The molecule has 3 aromatic rings. The van der Waals surface area contributed by atoms with E-state index in [0.717, 1.165) is 32.7 Å². The second-order valence-electron chi connectivity index (χ2n) is 6.35. The maximum absolute atomic E-state index is 13.2. The van der Waals surface area contributed by atoms with Gasteiger partial charge in [0.15, 0.2) is 4.32 Å². The lowest BCUT2D eigenvalue weighted by atomic mass is 10.0. The van der Waals surface area contributed by atoms with Crippen LogP contribution in [0.2, 0.25) is 0 Å². The topological polar surface area (TPSA) is 29.5 Å². The van der Waals surface area contributed by atoms with Crippen LogP contribution in [0.15, 0.2) is 70.5 Å². The van der Waals surface area contributed by atoms with Crippen molar-refractivity contribution in [2.24, 2.45) is 0 Å². The third-order valence-electron chi connectivity index (χ3n) is 4.61. The summed E-state index contributed by atoms with van der Waals surface area (Å²) in [5.74, 6) is 0.662. The molecule has 1 aliphatic heterocycles. The standard InChI is InChI=1S/C23H19NO2S3/c1-3-26-20-12-11-15-7-4-5-10-18(15)19(20)14-21-22(25)24(23(27)29-21)16-8-6-9-17(13-16)28-2/h4-14H,3H2,1-2H3/b21-14+. The number of ether oxygens (including phenoxy) is 1. The first-order chi connectivity index (χ1) is 14.1. The number of rotatable bonds is 5. The number of hydrogen-bond acceptors (Lipinski definition) is 5. The molecule has 1 heterocycles. The summed E-state index contributed by atoms with van der Waals surface area (Å²) in [5.41, 5.74) is 1.70. The molecule has 0 radical (unpaired) electrons. The molecule has 0 N–H and O–H groups in total. The van der Waals surface area contributed by atoms with Crippen molar-refractivity contribution in [1.82, 2.24) is 0 Å². The van der Waals surface area contributed by atoms with Crippen LogP contribution < -0.4 is 9.64 Å². The van der Waals surface area contributed by atoms with Crippen LogP contribution in [0.4, 0.5) is 5.69 Å². The Kier molecular flexibility index (Phi) is 5.94. The van der Waals surface area contributed by atoms with Crippen molar-refractivity contribution in [2.45, 2.75) is 11.8 Å². The van der Waals surface area contributed by atoms with Crippen molar-refractivity contribution in [3.8, 4) is 5.75 Å². The molecular formula is C23H19NO2S3. The molecule has 29 heavy (non-hydrogen) atoms. The molecule has 0 unspecified atom stereocenters. The highest BCUT2D eigenvalue weighted by atomic mass is 32.2. The van der Waals surface area contributed by atoms with E-state index in [1.165, 1.54) is 11.8 Å². The first kappa shape index (κ1) is 20.0. The van der Waals surface area contributed by atoms with E-state index in [1.807, 2.05) is 73.9 Å². The van der Waals surface area contributed by atoms with Gasteiger partial charge in [0, 0.05) is 10.5 Å². The zero-order chi connectivity index (χ0) is 20.4. The van der Waals surface area contributed by atoms with Gasteiger partial charge in [0.25, 0.3) is 5.91 Å². The molecule has 0 bridgehead atoms. The number of anilines is 1. The van der Waals surface area contributed by atoms with E-state index in [0.29, 0.717) is 15.8 Å². The van der Waals surface area contributed by atoms with Gasteiger partial charge in [-0.2, -0.15) is 0 Å². The van der Waals surface area contributed by atoms with Crippen LogP contribution in [0.3, 0.4) is 0 Å². The molecule has 1 saturated heterocycles. The summed E-state index contributed by atoms with van der Waals surface area (Å²) in [6.07, 6.45) is 3.92. The smallest absolute Gasteiger partial charge is 0.270 e. The van der Waals surface area contributed by atoms with Crippen molar-refractivity contribution in [2.75, 3.05) is 17.8 Å². The van der Waals surface area contributed by atoms with E-state index in [-0.39, 0.29) is 5.91 Å². The molecule has 0 aliphatic carbocycles. The molecular weight excluding hydrogens is 418 g/mol. The summed E-state index contributed by atoms with van der Waals surface area (Å²) in [7, 11) is 0. The number of carbonyl (C=O) groups is 1. The van der Waals surface area contributed by atoms with Crippen LogP contribution in [-0.2, 0) is 4.79 Å². The first-order valence-electron chi connectivity index (χ1n) is 9.19. The zero-order valence-electron chi connectivity index (χ0n) is 16.0. The Hall–Kier alpha value is -2.28. The molecule has 1 aliphatic rings. The predicted molar refractivity (Wildman–Crippen MR) is 129 cm³/mol. The first-order valence-corrected chi connectivity index (χ1v) is 11.6. The number of fused-ring (bicyclic) bond motifs is 1. The lowest BCUT2D eigenvalue weighted by Crippen LogP contribution is -2.27. The van der Waals surface area contributed by atoms with Crippen LogP contribution in [0.1, 0.15) is 12.5 Å². The molecule has 0 spiro atoms. The van der Waals surface area contributed by atoms with Gasteiger partial charge < -0.3 is 4.74 Å². The second kappa shape index (κ2) is 8.61. The quantitative estimate of drug-likeness (QED) is 0.263. The molecule has 1 fully saturated rings. The van der Waals surface area contributed by atoms with Crippen molar-refractivity contribution < 1.29 is 9.53 Å². The van der Waals surface area contributed by atoms with Gasteiger partial charge in [-0.3, -0.25) is 9.69 Å². The average molecular weight is 438 g/mol. The Morgan fingerprint density at radius 2 is 1.97 bits per heavy atom. The van der Waals surface area contributed by atoms with Crippen molar-refractivity contribution in [3.63, 3.8) is 0 Å². The third-order valence-corrected chi connectivity index (χ3v) is 6.64. The number of thioether (sulfide) groups is 2. The van der Waals surface area contributed by atoms with Crippen LogP contribution >= 0.6 is 35.7 Å². The van der Waals surface area contributed by atoms with Crippen molar-refractivity contribution in [3.05, 3.63) is 71.1 Å². The zero-order valence-corrected chi connectivity index (χ0v) is 18.5. The predicted octanol–water partition coefficient (Wildman–Crippen LogP) is 6.37. The highest BCUT2D eigenvalue weighted by Crippen LogP contribution is 2.39. The Morgan fingerprint density at radius 1 is 1.14 bits per heavy atom. The number of thiocarbonyl (C=S) groups is 1. The van der Waals surface area contributed by atoms with E-state index >= 15 is 0 Å². The lowest BCUT2D eigenvalue weighted by Gasteiger charge is -2.15. The van der Waals surface area contributed by atoms with Gasteiger partial charge in [-0.05, 0) is 54.3 Å². The van der Waals surface area contributed by atoms with Crippen LogP contribution in [0.5, 0.6) is 5.75 Å². The van der Waals surface area contributed by atoms with Crippen LogP contribution in [0, 0.1) is 0 Å². The molecule has 0 saturated carbocycles. The van der Waals surface area contributed by atoms with E-state index in [4.69, 9.17) is 17.0 Å². The molecule has 3 aromatic carbocycles. The van der Waals surface area contributed by atoms with Gasteiger partial charge in [0.1, 0.15) is 5.75 Å². The highest BCUT2D eigenvalue weighted by Gasteiger charge is 2.33. The molecule has 6 heteroatoms. The van der Waals surface area contributed by atoms with Gasteiger partial charge in [-0.25, -0.2) is 0 Å². The Morgan fingerprint density at radius 3 is 2.76 bits per heavy atom. The molecule has 1 amide bonds. The SMILES string of the molecule is CCOc1ccc2ccccc2c1/C=C1/SC(=S)N(c2cccc(SC)c2)C1=O. The lowest BCUT2D eigenvalue weighted by molar-refractivity contribution is -0.113. The van der Waals surface area contributed by atoms with E-state index < -0.39 is 0 Å². The van der Waals surface area contributed by atoms with E-state index in [9.17, 15) is 4.79 Å². The Labute approximate surface area is 184 Å². The van der Waals surface area contributed by atoms with Crippen LogP contribution in [-0.4, -0.2) is 23.1 Å². The van der Waals surface area contributed by atoms with E-state index in [1.54, 1.807) is 16.7 Å². The number of amides is 1. The molecule has 3 nitrogen and oxygen atoms in total. The monoisotopic (exact) mass is 437 g/mol. The largest absolute Gasteiger partial charge is 0.493 e. The highest BCUT2D eigenvalue weighted by molar-refractivity contribution is 8.27. The third kappa shape index (κ3) is 3.92. The van der Waals surface area contributed by atoms with Crippen molar-refractivity contribution in [1.29, 1.82) is 0 Å². The van der Waals surface area contributed by atoms with Crippen LogP contribution in [0.25, 0.3) is 16.8 Å². The molecule has 0 atom stereocenters. The number of hydrogen-bond donors (Lipinski definition) is 0. The summed E-state index contributed by atoms with van der Waals surface area (Å²) in [5, 5.41) is 2.15. The Balaban J connectivity index is 1.79. The number of nitrogens with zero attached hydrogens (tertiary/aromatic N) is 1. The Bertz CT molecular complexity index is 1140. The summed E-state index contributed by atoms with van der Waals surface area (Å²) >= 11 is 8.51. The van der Waals surface area contributed by atoms with E-state index in [2.05, 4.69) is 6.07 Å². The van der Waals surface area contributed by atoms with Gasteiger partial charge in [-0.1, -0.05) is 60.4 Å². The van der Waals surface area contributed by atoms with Gasteiger partial charge in [0.05, 0.1) is 17.2 Å². The summed E-state index contributed by atoms with van der Waals surface area (Å²) < 4.78 is 6.38.